The lowest BCUT2D eigenvalue weighted by atomic mass is 10.3. The fourth-order valence-electron chi connectivity index (χ4n) is 0.971. The molecule has 7 heteroatoms. The van der Waals surface area contributed by atoms with Crippen molar-refractivity contribution >= 4 is 15.5 Å². The summed E-state index contributed by atoms with van der Waals surface area (Å²) in [5, 5.41) is 19.4. The number of nitrogens with zero attached hydrogens (tertiary/aromatic N) is 1. The van der Waals surface area contributed by atoms with E-state index in [-0.39, 0.29) is 10.6 Å². The van der Waals surface area contributed by atoms with Crippen molar-refractivity contribution in [1.29, 1.82) is 0 Å². The molecule has 1 aromatic rings. The van der Waals surface area contributed by atoms with Crippen LogP contribution in [0.5, 0.6) is 0 Å². The van der Waals surface area contributed by atoms with Gasteiger partial charge in [-0.2, -0.15) is 0 Å². The molecule has 6 nitrogen and oxygen atoms in total. The molecule has 1 N–H and O–H groups in total. The third kappa shape index (κ3) is 2.31. The first-order valence-corrected chi connectivity index (χ1v) is 5.57. The number of sulfone groups is 1. The molecule has 0 aliphatic carbocycles. The highest BCUT2D eigenvalue weighted by Gasteiger charge is 2.22. The predicted molar refractivity (Wildman–Crippen MR) is 52.0 cm³/mol. The number of nitro groups is 1. The largest absolute Gasteiger partial charge is 0.377 e. The van der Waals surface area contributed by atoms with E-state index in [4.69, 9.17) is 5.11 Å². The minimum Gasteiger partial charge on any atom is -0.377 e. The Labute approximate surface area is 86.2 Å². The Balaban J connectivity index is 3.29. The fraction of sp³-hybridized carbons (Fsp3) is 0.250. The standard InChI is InChI=1S/C8H9NO5S/c1-6(10)15(13,14)8-4-2-3-7(5-8)9(11)12/h2-6,10H,1H3. The van der Waals surface area contributed by atoms with Crippen molar-refractivity contribution in [1.82, 2.24) is 0 Å². The van der Waals surface area contributed by atoms with Gasteiger partial charge in [0.05, 0.1) is 9.82 Å². The van der Waals surface area contributed by atoms with Crippen LogP contribution in [-0.4, -0.2) is 23.9 Å². The van der Waals surface area contributed by atoms with Crippen molar-refractivity contribution in [2.75, 3.05) is 0 Å². The highest BCUT2D eigenvalue weighted by Crippen LogP contribution is 2.20. The number of aliphatic hydroxyl groups is 1. The van der Waals surface area contributed by atoms with E-state index < -0.39 is 20.2 Å². The maximum Gasteiger partial charge on any atom is 0.270 e. The Hall–Kier alpha value is -1.47. The van der Waals surface area contributed by atoms with Gasteiger partial charge in [0.2, 0.25) is 9.84 Å². The van der Waals surface area contributed by atoms with Gasteiger partial charge in [-0.25, -0.2) is 8.42 Å². The molecule has 0 aliphatic rings. The van der Waals surface area contributed by atoms with Crippen LogP contribution in [0, 0.1) is 10.1 Å². The minimum atomic E-state index is -3.88. The minimum absolute atomic E-state index is 0.258. The first kappa shape index (κ1) is 11.6. The monoisotopic (exact) mass is 231 g/mol. The van der Waals surface area contributed by atoms with Crippen molar-refractivity contribution in [2.24, 2.45) is 0 Å². The molecule has 0 spiro atoms. The summed E-state index contributed by atoms with van der Waals surface area (Å²) < 4.78 is 22.9. The maximum absolute atomic E-state index is 11.4. The second-order valence-electron chi connectivity index (χ2n) is 2.90. The van der Waals surface area contributed by atoms with Crippen molar-refractivity contribution in [2.45, 2.75) is 17.3 Å². The zero-order chi connectivity index (χ0) is 11.6. The molecule has 0 aromatic heterocycles. The van der Waals surface area contributed by atoms with Crippen LogP contribution < -0.4 is 0 Å². The molecule has 0 fully saturated rings. The Morgan fingerprint density at radius 1 is 1.47 bits per heavy atom. The van der Waals surface area contributed by atoms with E-state index in [0.717, 1.165) is 13.0 Å². The molecular formula is C8H9NO5S. The van der Waals surface area contributed by atoms with Gasteiger partial charge in [-0.3, -0.25) is 10.1 Å². The van der Waals surface area contributed by atoms with Crippen molar-refractivity contribution in [3.8, 4) is 0 Å². The topological polar surface area (TPSA) is 97.5 Å². The first-order valence-electron chi connectivity index (χ1n) is 4.02. The number of nitro benzene ring substituents is 1. The Morgan fingerprint density at radius 3 is 2.53 bits per heavy atom. The van der Waals surface area contributed by atoms with Crippen molar-refractivity contribution in [3.05, 3.63) is 34.4 Å². The molecule has 1 rings (SSSR count). The summed E-state index contributed by atoms with van der Waals surface area (Å²) in [4.78, 5) is 9.45. The molecule has 1 aromatic carbocycles. The normalized spacial score (nSPS) is 13.5. The second-order valence-corrected chi connectivity index (χ2v) is 5.14. The van der Waals surface area contributed by atoms with E-state index in [9.17, 15) is 18.5 Å². The third-order valence-electron chi connectivity index (χ3n) is 1.81. The summed E-state index contributed by atoms with van der Waals surface area (Å²) in [7, 11) is -3.88. The summed E-state index contributed by atoms with van der Waals surface area (Å²) >= 11 is 0. The van der Waals surface area contributed by atoms with Crippen LogP contribution in [0.1, 0.15) is 6.92 Å². The van der Waals surface area contributed by atoms with Crippen LogP contribution >= 0.6 is 0 Å². The van der Waals surface area contributed by atoms with Crippen LogP contribution in [0.4, 0.5) is 5.69 Å². The van der Waals surface area contributed by atoms with Crippen molar-refractivity contribution in [3.63, 3.8) is 0 Å². The fourth-order valence-corrected chi connectivity index (χ4v) is 1.92. The SMILES string of the molecule is CC(O)S(=O)(=O)c1cccc([N+](=O)[O-])c1. The molecular weight excluding hydrogens is 222 g/mol. The van der Waals surface area contributed by atoms with Gasteiger partial charge < -0.3 is 5.11 Å². The summed E-state index contributed by atoms with van der Waals surface area (Å²) in [6, 6.07) is 4.56. The number of aliphatic hydroxyl groups excluding tert-OH is 1. The average Bonchev–Trinajstić information content (AvgIpc) is 2.17. The quantitative estimate of drug-likeness (QED) is 0.610. The van der Waals surface area contributed by atoms with E-state index in [1.54, 1.807) is 0 Å². The Bertz CT molecular complexity index is 480. The van der Waals surface area contributed by atoms with Gasteiger partial charge >= 0.3 is 0 Å². The molecule has 1 atom stereocenters. The molecule has 1 unspecified atom stereocenters. The van der Waals surface area contributed by atoms with Gasteiger partial charge in [0.1, 0.15) is 0 Å². The van der Waals surface area contributed by atoms with E-state index in [1.807, 2.05) is 0 Å². The lowest BCUT2D eigenvalue weighted by Gasteiger charge is -2.05. The van der Waals surface area contributed by atoms with E-state index in [1.165, 1.54) is 18.2 Å². The zero-order valence-corrected chi connectivity index (χ0v) is 8.64. The lowest BCUT2D eigenvalue weighted by molar-refractivity contribution is -0.385. The molecule has 0 saturated heterocycles. The molecule has 0 heterocycles. The zero-order valence-electron chi connectivity index (χ0n) is 7.82. The van der Waals surface area contributed by atoms with Gasteiger partial charge in [-0.15, -0.1) is 0 Å². The molecule has 0 radical (unpaired) electrons. The number of rotatable bonds is 3. The highest BCUT2D eigenvalue weighted by atomic mass is 32.2. The van der Waals surface area contributed by atoms with Gasteiger partial charge in [0, 0.05) is 12.1 Å². The smallest absolute Gasteiger partial charge is 0.270 e. The summed E-state index contributed by atoms with van der Waals surface area (Å²) in [5.74, 6) is 0. The number of non-ortho nitro benzene ring substituents is 1. The summed E-state index contributed by atoms with van der Waals surface area (Å²) in [6.07, 6.45) is 0. The average molecular weight is 231 g/mol. The van der Waals surface area contributed by atoms with Crippen molar-refractivity contribution < 1.29 is 18.4 Å². The van der Waals surface area contributed by atoms with Gasteiger partial charge in [0.15, 0.2) is 5.44 Å². The lowest BCUT2D eigenvalue weighted by Crippen LogP contribution is -2.16. The van der Waals surface area contributed by atoms with Crippen LogP contribution in [-0.2, 0) is 9.84 Å². The highest BCUT2D eigenvalue weighted by molar-refractivity contribution is 7.91. The first-order chi connectivity index (χ1) is 6.85. The van der Waals surface area contributed by atoms with Gasteiger partial charge in [-0.1, -0.05) is 6.07 Å². The molecule has 0 saturated carbocycles. The summed E-state index contributed by atoms with van der Waals surface area (Å²) in [6.45, 7) is 1.09. The molecule has 0 amide bonds. The van der Waals surface area contributed by atoms with E-state index in [2.05, 4.69) is 0 Å². The number of hydrogen-bond donors (Lipinski definition) is 1. The molecule has 0 aliphatic heterocycles. The summed E-state index contributed by atoms with van der Waals surface area (Å²) in [5.41, 5.74) is -1.91. The Morgan fingerprint density at radius 2 is 2.07 bits per heavy atom. The van der Waals surface area contributed by atoms with Crippen LogP contribution in [0.25, 0.3) is 0 Å². The van der Waals surface area contributed by atoms with Crippen LogP contribution in [0.3, 0.4) is 0 Å². The second kappa shape index (κ2) is 3.95. The molecule has 0 bridgehead atoms. The van der Waals surface area contributed by atoms with Gasteiger partial charge in [0.25, 0.3) is 5.69 Å². The molecule has 15 heavy (non-hydrogen) atoms. The number of hydrogen-bond acceptors (Lipinski definition) is 5. The van der Waals surface area contributed by atoms with Crippen LogP contribution in [0.15, 0.2) is 29.2 Å². The van der Waals surface area contributed by atoms with E-state index in [0.29, 0.717) is 0 Å². The van der Waals surface area contributed by atoms with Crippen LogP contribution in [0.2, 0.25) is 0 Å². The van der Waals surface area contributed by atoms with E-state index >= 15 is 0 Å². The maximum atomic E-state index is 11.4. The Kier molecular flexibility index (Phi) is 3.06. The third-order valence-corrected chi connectivity index (χ3v) is 3.62. The predicted octanol–water partition coefficient (Wildman–Crippen LogP) is 0.707. The number of benzene rings is 1. The molecule has 82 valence electrons. The van der Waals surface area contributed by atoms with Gasteiger partial charge in [-0.05, 0) is 13.0 Å².